The first kappa shape index (κ1) is 14.6. The fourth-order valence-electron chi connectivity index (χ4n) is 1.75. The highest BCUT2D eigenvalue weighted by molar-refractivity contribution is 6.59. The van der Waals surface area contributed by atoms with E-state index in [4.69, 9.17) is 0 Å². The lowest BCUT2D eigenvalue weighted by Gasteiger charge is -2.26. The first-order valence-electron chi connectivity index (χ1n) is 6.10. The third-order valence-corrected chi connectivity index (χ3v) is 2.84. The van der Waals surface area contributed by atoms with Crippen LogP contribution in [0.1, 0.15) is 27.2 Å². The summed E-state index contributed by atoms with van der Waals surface area (Å²) in [7, 11) is 1.95. The van der Waals surface area contributed by atoms with Crippen LogP contribution in [0.5, 0.6) is 0 Å². The van der Waals surface area contributed by atoms with Crippen molar-refractivity contribution < 1.29 is 0 Å². The summed E-state index contributed by atoms with van der Waals surface area (Å²) in [6.45, 7) is 14.7. The lowest BCUT2D eigenvalue weighted by Crippen LogP contribution is -2.42. The van der Waals surface area contributed by atoms with Gasteiger partial charge in [-0.1, -0.05) is 40.5 Å². The molecule has 15 heavy (non-hydrogen) atoms. The molecule has 0 aliphatic rings. The highest BCUT2D eigenvalue weighted by Crippen LogP contribution is 2.11. The van der Waals surface area contributed by atoms with E-state index >= 15 is 0 Å². The van der Waals surface area contributed by atoms with Crippen molar-refractivity contribution >= 4 is 6.71 Å². The van der Waals surface area contributed by atoms with Crippen LogP contribution in [-0.2, 0) is 0 Å². The van der Waals surface area contributed by atoms with Gasteiger partial charge >= 0.3 is 0 Å². The second-order valence-electron chi connectivity index (χ2n) is 4.90. The Kier molecular flexibility index (Phi) is 7.58. The van der Waals surface area contributed by atoms with Crippen molar-refractivity contribution in [3.8, 4) is 0 Å². The summed E-state index contributed by atoms with van der Waals surface area (Å²) < 4.78 is 0. The highest BCUT2D eigenvalue weighted by Gasteiger charge is 2.19. The van der Waals surface area contributed by atoms with Gasteiger partial charge in [-0.3, -0.25) is 0 Å². The van der Waals surface area contributed by atoms with Gasteiger partial charge in [-0.2, -0.15) is 0 Å². The Bertz CT molecular complexity index is 180. The van der Waals surface area contributed by atoms with E-state index in [0.717, 1.165) is 18.2 Å². The van der Waals surface area contributed by atoms with Gasteiger partial charge in [-0.15, -0.1) is 0 Å². The molecule has 1 unspecified atom stereocenters. The maximum absolute atomic E-state index is 4.03. The molecule has 0 heterocycles. The second-order valence-corrected chi connectivity index (χ2v) is 4.90. The van der Waals surface area contributed by atoms with Gasteiger partial charge in [-0.05, 0) is 19.4 Å². The third kappa shape index (κ3) is 6.61. The van der Waals surface area contributed by atoms with Crippen LogP contribution in [-0.4, -0.2) is 26.2 Å². The predicted octanol–water partition coefficient (Wildman–Crippen LogP) is 2.41. The fraction of sp³-hybridized carbons (Fsp3) is 0.833. The Morgan fingerprint density at radius 2 is 2.00 bits per heavy atom. The first-order chi connectivity index (χ1) is 7.01. The van der Waals surface area contributed by atoms with Gasteiger partial charge in [0.15, 0.2) is 6.71 Å². The minimum absolute atomic E-state index is 0.566. The second kappa shape index (κ2) is 7.80. The molecule has 0 saturated carbocycles. The van der Waals surface area contributed by atoms with Gasteiger partial charge in [0.1, 0.15) is 0 Å². The van der Waals surface area contributed by atoms with Gasteiger partial charge < -0.3 is 10.6 Å². The summed E-state index contributed by atoms with van der Waals surface area (Å²) in [5.74, 6) is 1.30. The minimum Gasteiger partial charge on any atom is -0.392 e. The number of rotatable bonds is 8. The van der Waals surface area contributed by atoms with Crippen LogP contribution in [0.4, 0.5) is 0 Å². The molecular formula is C12H27BN2. The van der Waals surface area contributed by atoms with E-state index in [9.17, 15) is 0 Å². The van der Waals surface area contributed by atoms with Crippen LogP contribution in [0.3, 0.4) is 0 Å². The average Bonchev–Trinajstić information content (AvgIpc) is 2.15. The predicted molar refractivity (Wildman–Crippen MR) is 71.5 cm³/mol. The molecule has 0 aliphatic heterocycles. The van der Waals surface area contributed by atoms with Crippen molar-refractivity contribution in [2.75, 3.05) is 13.6 Å². The van der Waals surface area contributed by atoms with Crippen LogP contribution in [0.15, 0.2) is 12.3 Å². The Balaban J connectivity index is 4.17. The molecule has 0 saturated heterocycles. The highest BCUT2D eigenvalue weighted by atomic mass is 15.0. The van der Waals surface area contributed by atoms with E-state index in [-0.39, 0.29) is 0 Å². The third-order valence-electron chi connectivity index (χ3n) is 2.84. The van der Waals surface area contributed by atoms with Crippen molar-refractivity contribution in [1.82, 2.24) is 10.6 Å². The zero-order valence-corrected chi connectivity index (χ0v) is 11.1. The van der Waals surface area contributed by atoms with Crippen LogP contribution in [0, 0.1) is 5.92 Å². The minimum atomic E-state index is 0.566. The molecule has 0 aromatic carbocycles. The number of hydrogen-bond acceptors (Lipinski definition) is 2. The average molecular weight is 210 g/mol. The van der Waals surface area contributed by atoms with E-state index in [2.05, 4.69) is 44.8 Å². The van der Waals surface area contributed by atoms with Gasteiger partial charge in [0.25, 0.3) is 0 Å². The summed E-state index contributed by atoms with van der Waals surface area (Å²) in [6.07, 6.45) is 2.44. The quantitative estimate of drug-likeness (QED) is 0.601. The van der Waals surface area contributed by atoms with Crippen molar-refractivity contribution in [3.63, 3.8) is 0 Å². The zero-order chi connectivity index (χ0) is 11.8. The van der Waals surface area contributed by atoms with Crippen LogP contribution in [0.25, 0.3) is 0 Å². The lowest BCUT2D eigenvalue weighted by molar-refractivity contribution is 0.518. The molecule has 0 radical (unpaired) electrons. The normalized spacial score (nSPS) is 12.7. The number of nitrogens with one attached hydrogen (secondary N) is 2. The maximum atomic E-state index is 4.03. The van der Waals surface area contributed by atoms with Crippen molar-refractivity contribution in [1.29, 1.82) is 0 Å². The molecule has 2 nitrogen and oxygen atoms in total. The summed E-state index contributed by atoms with van der Waals surface area (Å²) >= 11 is 0. The van der Waals surface area contributed by atoms with E-state index in [1.165, 1.54) is 12.7 Å². The van der Waals surface area contributed by atoms with E-state index in [1.54, 1.807) is 0 Å². The van der Waals surface area contributed by atoms with Crippen molar-refractivity contribution in [2.24, 2.45) is 5.92 Å². The molecule has 88 valence electrons. The molecule has 0 bridgehead atoms. The molecular weight excluding hydrogens is 183 g/mol. The van der Waals surface area contributed by atoms with Crippen molar-refractivity contribution in [2.45, 2.75) is 46.3 Å². The Hall–Kier alpha value is -0.435. The summed E-state index contributed by atoms with van der Waals surface area (Å²) in [4.78, 5) is 0. The lowest BCUT2D eigenvalue weighted by atomic mass is 9.43. The van der Waals surface area contributed by atoms with Gasteiger partial charge in [0, 0.05) is 18.2 Å². The first-order valence-corrected chi connectivity index (χ1v) is 6.10. The zero-order valence-electron chi connectivity index (χ0n) is 11.1. The Morgan fingerprint density at radius 1 is 1.40 bits per heavy atom. The Morgan fingerprint density at radius 3 is 2.40 bits per heavy atom. The molecule has 0 aromatic heterocycles. The molecule has 2 N–H and O–H groups in total. The summed E-state index contributed by atoms with van der Waals surface area (Å²) in [6, 6.07) is 0. The molecule has 0 aliphatic carbocycles. The van der Waals surface area contributed by atoms with E-state index in [0.29, 0.717) is 12.7 Å². The SMILES string of the molecule is C=C(CNC)NC(CC(C)C)B(C)CC. The maximum Gasteiger partial charge on any atom is 0.163 e. The van der Waals surface area contributed by atoms with Crippen LogP contribution in [0.2, 0.25) is 13.1 Å². The number of hydrogen-bond donors (Lipinski definition) is 2. The number of likely N-dealkylation sites (N-methyl/N-ethyl adjacent to an activating group) is 1. The molecule has 0 fully saturated rings. The molecule has 0 amide bonds. The van der Waals surface area contributed by atoms with E-state index < -0.39 is 0 Å². The fourth-order valence-corrected chi connectivity index (χ4v) is 1.75. The van der Waals surface area contributed by atoms with Gasteiger partial charge in [0.2, 0.25) is 0 Å². The largest absolute Gasteiger partial charge is 0.392 e. The van der Waals surface area contributed by atoms with Gasteiger partial charge in [-0.25, -0.2) is 0 Å². The Labute approximate surface area is 96.0 Å². The standard InChI is InChI=1S/C12H27BN2/c1-7-13(5)12(8-10(2)3)15-11(4)9-14-6/h10,12,14-15H,4,7-9H2,1-3,5-6H3. The van der Waals surface area contributed by atoms with Crippen molar-refractivity contribution in [3.05, 3.63) is 12.3 Å². The molecule has 3 heteroatoms. The topological polar surface area (TPSA) is 24.1 Å². The molecule has 0 rings (SSSR count). The summed E-state index contributed by atoms with van der Waals surface area (Å²) in [5.41, 5.74) is 1.10. The van der Waals surface area contributed by atoms with E-state index in [1.807, 2.05) is 7.05 Å². The van der Waals surface area contributed by atoms with Crippen LogP contribution < -0.4 is 10.6 Å². The summed E-state index contributed by atoms with van der Waals surface area (Å²) in [5, 5.41) is 6.66. The molecule has 0 spiro atoms. The monoisotopic (exact) mass is 210 g/mol. The molecule has 0 aromatic rings. The molecule has 1 atom stereocenters. The van der Waals surface area contributed by atoms with Gasteiger partial charge in [0.05, 0.1) is 0 Å². The smallest absolute Gasteiger partial charge is 0.163 e. The van der Waals surface area contributed by atoms with Crippen LogP contribution >= 0.6 is 0 Å².